The van der Waals surface area contributed by atoms with Gasteiger partial charge in [0, 0.05) is 17.4 Å². The van der Waals surface area contributed by atoms with Crippen molar-refractivity contribution in [1.82, 2.24) is 5.32 Å². The maximum absolute atomic E-state index is 12.1. The van der Waals surface area contributed by atoms with Gasteiger partial charge in [-0.3, -0.25) is 13.8 Å². The van der Waals surface area contributed by atoms with Crippen LogP contribution in [0.3, 0.4) is 0 Å². The minimum atomic E-state index is -4.78. The SMILES string of the molecule is CC(C)S(=O)(=O)Nc1ccc(/C=C/c2ccc(NC(=S)NC3CC3)cc2S(=O)(=O)O)c(S(=O)(=O)O)c1.[Na+]. The molecule has 1 saturated carbocycles. The number of thiocarbonyl (C=S) groups is 1. The molecule has 0 bridgehead atoms. The van der Waals surface area contributed by atoms with Gasteiger partial charge < -0.3 is 10.6 Å². The molecule has 0 unspecified atom stereocenters. The molecule has 196 valence electrons. The van der Waals surface area contributed by atoms with Crippen molar-refractivity contribution >= 4 is 71.1 Å². The Morgan fingerprint density at radius 1 is 0.892 bits per heavy atom. The number of sulfonamides is 1. The van der Waals surface area contributed by atoms with E-state index < -0.39 is 45.3 Å². The molecule has 16 heteroatoms. The molecule has 11 nitrogen and oxygen atoms in total. The maximum atomic E-state index is 12.1. The van der Waals surface area contributed by atoms with E-state index in [1.807, 2.05) is 0 Å². The van der Waals surface area contributed by atoms with Crippen LogP contribution in [0.5, 0.6) is 0 Å². The van der Waals surface area contributed by atoms with Crippen LogP contribution in [0.15, 0.2) is 46.2 Å². The van der Waals surface area contributed by atoms with Crippen LogP contribution >= 0.6 is 12.2 Å². The Kier molecular flexibility index (Phi) is 10.3. The molecule has 0 radical (unpaired) electrons. The van der Waals surface area contributed by atoms with Gasteiger partial charge in [-0.1, -0.05) is 24.3 Å². The van der Waals surface area contributed by atoms with Crippen molar-refractivity contribution in [1.29, 1.82) is 0 Å². The molecule has 0 saturated heterocycles. The normalized spacial score (nSPS) is 14.3. The quantitative estimate of drug-likeness (QED) is 0.113. The Balaban J connectivity index is 0.00000481. The Hall–Kier alpha value is -1.56. The number of anilines is 2. The summed E-state index contributed by atoms with van der Waals surface area (Å²) in [5.41, 5.74) is 0.190. The minimum Gasteiger partial charge on any atom is -0.360 e. The van der Waals surface area contributed by atoms with Crippen molar-refractivity contribution in [2.75, 3.05) is 10.0 Å². The summed E-state index contributed by atoms with van der Waals surface area (Å²) in [5.74, 6) is 0. The molecule has 0 atom stereocenters. The van der Waals surface area contributed by atoms with Crippen LogP contribution < -0.4 is 44.9 Å². The third-order valence-corrected chi connectivity index (χ3v) is 8.88. The Labute approximate surface area is 244 Å². The molecule has 37 heavy (non-hydrogen) atoms. The molecule has 0 spiro atoms. The van der Waals surface area contributed by atoms with Crippen molar-refractivity contribution in [3.8, 4) is 0 Å². The standard InChI is InChI=1S/C21H25N3O8S4.Na/c1-13(2)34(25,26)24-18-8-6-15(20(12-18)36(30,31)32)4-3-14-5-7-17(11-19(14)35(27,28)29)23-21(33)22-16-9-10-16;/h3-8,11-13,16,24H,9-10H2,1-2H3,(H2,22,23,33)(H,27,28,29)(H,30,31,32);/q;+1/b4-3+;. The van der Waals surface area contributed by atoms with E-state index >= 15 is 0 Å². The van der Waals surface area contributed by atoms with Crippen molar-refractivity contribution in [2.24, 2.45) is 0 Å². The zero-order valence-corrected chi connectivity index (χ0v) is 25.4. The van der Waals surface area contributed by atoms with Gasteiger partial charge in [-0.25, -0.2) is 8.42 Å². The average molecular weight is 599 g/mol. The van der Waals surface area contributed by atoms with E-state index in [4.69, 9.17) is 12.2 Å². The maximum Gasteiger partial charge on any atom is 1.00 e. The molecule has 2 aromatic rings. The number of rotatable bonds is 9. The molecule has 3 rings (SSSR count). The van der Waals surface area contributed by atoms with Crippen molar-refractivity contribution in [3.63, 3.8) is 0 Å². The van der Waals surface area contributed by atoms with Gasteiger partial charge >= 0.3 is 29.6 Å². The monoisotopic (exact) mass is 598 g/mol. The fraction of sp³-hybridized carbons (Fsp3) is 0.286. The summed E-state index contributed by atoms with van der Waals surface area (Å²) in [4.78, 5) is -1.07. The first-order valence-electron chi connectivity index (χ1n) is 10.6. The van der Waals surface area contributed by atoms with Gasteiger partial charge in [-0.2, -0.15) is 16.8 Å². The first-order valence-corrected chi connectivity index (χ1v) is 15.4. The average Bonchev–Trinajstić information content (AvgIpc) is 3.55. The van der Waals surface area contributed by atoms with Gasteiger partial charge in [-0.05, 0) is 74.3 Å². The van der Waals surface area contributed by atoms with Crippen LogP contribution in [0.1, 0.15) is 37.8 Å². The van der Waals surface area contributed by atoms with Crippen LogP contribution in [0.4, 0.5) is 11.4 Å². The first-order chi connectivity index (χ1) is 16.6. The Morgan fingerprint density at radius 2 is 1.35 bits per heavy atom. The molecule has 1 aliphatic rings. The molecule has 0 aliphatic heterocycles. The second kappa shape index (κ2) is 12.1. The Morgan fingerprint density at radius 3 is 1.78 bits per heavy atom. The first kappa shape index (κ1) is 31.7. The zero-order chi connectivity index (χ0) is 26.9. The third kappa shape index (κ3) is 9.01. The van der Waals surface area contributed by atoms with Gasteiger partial charge in [0.2, 0.25) is 10.0 Å². The van der Waals surface area contributed by atoms with Gasteiger partial charge in [0.05, 0.1) is 5.25 Å². The summed E-state index contributed by atoms with van der Waals surface area (Å²) in [6.07, 6.45) is 4.41. The summed E-state index contributed by atoms with van der Waals surface area (Å²) in [6.45, 7) is 2.88. The molecule has 0 amide bonds. The molecule has 0 heterocycles. The fourth-order valence-corrected chi connectivity index (χ4v) is 5.37. The summed E-state index contributed by atoms with van der Waals surface area (Å²) in [7, 11) is -13.2. The van der Waals surface area contributed by atoms with Gasteiger partial charge in [0.1, 0.15) is 9.79 Å². The number of hydrogen-bond acceptors (Lipinski definition) is 7. The summed E-state index contributed by atoms with van der Waals surface area (Å²) in [5, 5.41) is 5.39. The van der Waals surface area contributed by atoms with Crippen LogP contribution in [0.25, 0.3) is 12.2 Å². The fourth-order valence-electron chi connectivity index (χ4n) is 2.97. The summed E-state index contributed by atoms with van der Waals surface area (Å²) < 4.78 is 93.7. The van der Waals surface area contributed by atoms with E-state index in [0.29, 0.717) is 10.8 Å². The van der Waals surface area contributed by atoms with E-state index in [1.165, 1.54) is 56.3 Å². The van der Waals surface area contributed by atoms with Crippen LogP contribution in [0, 0.1) is 0 Å². The number of hydrogen-bond donors (Lipinski definition) is 5. The van der Waals surface area contributed by atoms with E-state index in [2.05, 4.69) is 15.4 Å². The van der Waals surface area contributed by atoms with E-state index in [1.54, 1.807) is 0 Å². The van der Waals surface area contributed by atoms with Crippen molar-refractivity contribution < 1.29 is 63.9 Å². The third-order valence-electron chi connectivity index (χ3n) is 5.08. The van der Waals surface area contributed by atoms with Gasteiger partial charge in [0.15, 0.2) is 5.11 Å². The minimum absolute atomic E-state index is 0. The van der Waals surface area contributed by atoms with E-state index in [9.17, 15) is 34.4 Å². The zero-order valence-electron chi connectivity index (χ0n) is 20.2. The number of nitrogens with one attached hydrogen (secondary N) is 3. The molecule has 5 N–H and O–H groups in total. The van der Waals surface area contributed by atoms with Crippen molar-refractivity contribution in [2.45, 2.75) is 47.8 Å². The van der Waals surface area contributed by atoms with Crippen molar-refractivity contribution in [3.05, 3.63) is 47.5 Å². The van der Waals surface area contributed by atoms with Crippen LogP contribution in [0.2, 0.25) is 0 Å². The topological polar surface area (TPSA) is 179 Å². The predicted octanol–water partition coefficient (Wildman–Crippen LogP) is -0.0467. The van der Waals surface area contributed by atoms with Gasteiger partial charge in [0.25, 0.3) is 20.2 Å². The molecule has 0 aromatic heterocycles. The molecule has 2 aromatic carbocycles. The van der Waals surface area contributed by atoms with E-state index in [-0.39, 0.29) is 52.4 Å². The predicted molar refractivity (Wildman–Crippen MR) is 141 cm³/mol. The smallest absolute Gasteiger partial charge is 0.360 e. The largest absolute Gasteiger partial charge is 1.00 e. The van der Waals surface area contributed by atoms with Gasteiger partial charge in [-0.15, -0.1) is 0 Å². The molecule has 1 aliphatic carbocycles. The summed E-state index contributed by atoms with van der Waals surface area (Å²) in [6, 6.07) is 7.81. The second-order valence-electron chi connectivity index (χ2n) is 8.36. The van der Waals surface area contributed by atoms with Crippen LogP contribution in [-0.2, 0) is 30.3 Å². The molecular formula is C21H25N3NaO8S4+. The molecule has 1 fully saturated rings. The summed E-state index contributed by atoms with van der Waals surface area (Å²) >= 11 is 5.17. The number of benzene rings is 2. The van der Waals surface area contributed by atoms with E-state index in [0.717, 1.165) is 18.9 Å². The van der Waals surface area contributed by atoms with Crippen LogP contribution in [-0.4, -0.2) is 50.8 Å². The molecular weight excluding hydrogens is 574 g/mol. The Bertz CT molecular complexity index is 1540. The second-order valence-corrected chi connectivity index (χ2v) is 13.8.